The van der Waals surface area contributed by atoms with Crippen molar-refractivity contribution in [2.45, 2.75) is 51.6 Å². The Hall–Kier alpha value is -2.66. The second kappa shape index (κ2) is 10.7. The lowest BCUT2D eigenvalue weighted by Gasteiger charge is -2.48. The predicted octanol–water partition coefficient (Wildman–Crippen LogP) is 6.12. The summed E-state index contributed by atoms with van der Waals surface area (Å²) in [6.07, 6.45) is 3.65. The number of hydrogen-bond donors (Lipinski definition) is 2. The number of aromatic nitrogens is 1. The first-order valence-corrected chi connectivity index (χ1v) is 15.6. The van der Waals surface area contributed by atoms with Gasteiger partial charge >= 0.3 is 0 Å². The van der Waals surface area contributed by atoms with Crippen molar-refractivity contribution in [3.05, 3.63) is 69.3 Å². The Balaban J connectivity index is 1.47. The average molecular weight is 570 g/mol. The zero-order valence-electron chi connectivity index (χ0n) is 22.9. The molecule has 7 nitrogen and oxygen atoms in total. The minimum Gasteiger partial charge on any atom is -0.355 e. The summed E-state index contributed by atoms with van der Waals surface area (Å²) in [5.41, 5.74) is 4.58. The molecule has 1 saturated heterocycles. The summed E-state index contributed by atoms with van der Waals surface area (Å²) in [6.45, 7) is 10.8. The molecule has 2 aliphatic rings. The van der Waals surface area contributed by atoms with Crippen molar-refractivity contribution < 1.29 is 12.8 Å². The Labute approximate surface area is 234 Å². The molecule has 1 saturated carbocycles. The van der Waals surface area contributed by atoms with Gasteiger partial charge in [0.2, 0.25) is 0 Å². The van der Waals surface area contributed by atoms with Crippen LogP contribution in [0.25, 0.3) is 0 Å². The Bertz CT molecular complexity index is 1460. The molecule has 0 unspecified atom stereocenters. The number of sulfonamides is 1. The van der Waals surface area contributed by atoms with Crippen molar-refractivity contribution in [2.75, 3.05) is 31.5 Å². The van der Waals surface area contributed by atoms with E-state index in [-0.39, 0.29) is 16.9 Å². The van der Waals surface area contributed by atoms with Gasteiger partial charge in [-0.1, -0.05) is 13.8 Å². The maximum absolute atomic E-state index is 13.5. The van der Waals surface area contributed by atoms with Crippen LogP contribution in [-0.4, -0.2) is 55.0 Å². The quantitative estimate of drug-likeness (QED) is 0.319. The topological polar surface area (TPSA) is 89.4 Å². The van der Waals surface area contributed by atoms with Gasteiger partial charge in [-0.05, 0) is 85.5 Å². The molecule has 0 amide bonds. The van der Waals surface area contributed by atoms with Crippen LogP contribution in [0, 0.1) is 36.4 Å². The van der Waals surface area contributed by atoms with Crippen molar-refractivity contribution in [2.24, 2.45) is 11.3 Å². The molecule has 39 heavy (non-hydrogen) atoms. The summed E-state index contributed by atoms with van der Waals surface area (Å²) in [7, 11) is -3.71. The molecule has 2 N–H and O–H groups in total. The van der Waals surface area contributed by atoms with Crippen LogP contribution in [0.15, 0.2) is 46.8 Å². The first kappa shape index (κ1) is 27.9. The molecular formula is C29H36FN5O2S2. The molecular weight excluding hydrogens is 533 g/mol. The average Bonchev–Trinajstić information content (AvgIpc) is 3.32. The Morgan fingerprint density at radius 1 is 1.18 bits per heavy atom. The van der Waals surface area contributed by atoms with E-state index in [1.807, 2.05) is 26.0 Å². The van der Waals surface area contributed by atoms with E-state index in [1.165, 1.54) is 42.5 Å². The summed E-state index contributed by atoms with van der Waals surface area (Å²) in [6, 6.07) is 9.98. The van der Waals surface area contributed by atoms with E-state index >= 15 is 0 Å². The van der Waals surface area contributed by atoms with Crippen molar-refractivity contribution in [1.29, 1.82) is 5.41 Å². The summed E-state index contributed by atoms with van der Waals surface area (Å²) in [5, 5.41) is 13.9. The van der Waals surface area contributed by atoms with Crippen LogP contribution in [0.4, 0.5) is 15.8 Å². The molecule has 208 valence electrons. The minimum absolute atomic E-state index is 0.119. The van der Waals surface area contributed by atoms with Gasteiger partial charge in [0.1, 0.15) is 5.82 Å². The fourth-order valence-electron chi connectivity index (χ4n) is 6.10. The summed E-state index contributed by atoms with van der Waals surface area (Å²) < 4.78 is 42.0. The number of aryl methyl sites for hydroxylation is 2. The van der Waals surface area contributed by atoms with E-state index in [4.69, 9.17) is 5.41 Å². The number of thiazole rings is 1. The van der Waals surface area contributed by atoms with Gasteiger partial charge in [-0.3, -0.25) is 4.90 Å². The largest absolute Gasteiger partial charge is 0.355 e. The smallest absolute Gasteiger partial charge is 0.261 e. The lowest BCUT2D eigenvalue weighted by molar-refractivity contribution is 0.0267. The highest BCUT2D eigenvalue weighted by molar-refractivity contribution is 7.89. The molecule has 1 aliphatic carbocycles. The van der Waals surface area contributed by atoms with E-state index in [2.05, 4.69) is 29.0 Å². The van der Waals surface area contributed by atoms with E-state index in [1.54, 1.807) is 21.8 Å². The molecule has 0 bridgehead atoms. The van der Waals surface area contributed by atoms with E-state index in [9.17, 15) is 12.8 Å². The second-order valence-electron chi connectivity index (χ2n) is 11.6. The standard InChI is InChI=1S/C29H36FN5O2S2/c1-19-11-26(33-24-7-5-23(30)6-8-24)22(15-31)12-25(19)27-17-35(39(36,37)28-18-38-20(2)32-28)10-9-34(27)16-21-13-29(3,4)14-21/h5-8,11-12,15,18,21,27,31,33H,9-10,13-14,16-17H2,1-4H3/t27-/m1/s1. The third-order valence-electron chi connectivity index (χ3n) is 7.91. The zero-order chi connectivity index (χ0) is 27.9. The highest BCUT2D eigenvalue weighted by atomic mass is 32.2. The van der Waals surface area contributed by atoms with Crippen LogP contribution in [0.5, 0.6) is 0 Å². The fourth-order valence-corrected chi connectivity index (χ4v) is 8.44. The molecule has 2 aromatic carbocycles. The van der Waals surface area contributed by atoms with Crippen LogP contribution in [0.1, 0.15) is 54.4 Å². The minimum atomic E-state index is -3.71. The van der Waals surface area contributed by atoms with Crippen LogP contribution in [0.3, 0.4) is 0 Å². The lowest BCUT2D eigenvalue weighted by Crippen LogP contribution is -2.53. The SMILES string of the molecule is Cc1nc(S(=O)(=O)N2CCN(CC3CC(C)(C)C3)[C@@H](c3cc(C=N)c(Nc4ccc(F)cc4)cc3C)C2)cs1. The number of benzene rings is 2. The first-order valence-electron chi connectivity index (χ1n) is 13.3. The van der Waals surface area contributed by atoms with E-state index in [0.717, 1.165) is 34.1 Å². The molecule has 0 radical (unpaired) electrons. The van der Waals surface area contributed by atoms with Gasteiger partial charge in [0.15, 0.2) is 5.03 Å². The van der Waals surface area contributed by atoms with Gasteiger partial charge in [0.25, 0.3) is 10.0 Å². The van der Waals surface area contributed by atoms with E-state index < -0.39 is 10.0 Å². The third-order valence-corrected chi connectivity index (χ3v) is 10.6. The maximum Gasteiger partial charge on any atom is 0.261 e. The number of nitrogens with zero attached hydrogens (tertiary/aromatic N) is 3. The summed E-state index contributed by atoms with van der Waals surface area (Å²) in [4.78, 5) is 6.71. The highest BCUT2D eigenvalue weighted by Gasteiger charge is 2.41. The number of hydrogen-bond acceptors (Lipinski definition) is 7. The zero-order valence-corrected chi connectivity index (χ0v) is 24.5. The van der Waals surface area contributed by atoms with Gasteiger partial charge < -0.3 is 10.7 Å². The molecule has 1 atom stereocenters. The normalized spacial score (nSPS) is 20.5. The summed E-state index contributed by atoms with van der Waals surface area (Å²) in [5.74, 6) is 0.285. The molecule has 1 aromatic heterocycles. The number of rotatable bonds is 8. The molecule has 0 spiro atoms. The Kier molecular flexibility index (Phi) is 7.67. The molecule has 3 aromatic rings. The van der Waals surface area contributed by atoms with Gasteiger partial charge in [0, 0.05) is 60.8 Å². The predicted molar refractivity (Wildman–Crippen MR) is 155 cm³/mol. The fraction of sp³-hybridized carbons (Fsp3) is 0.448. The van der Waals surface area contributed by atoms with Crippen LogP contribution in [0.2, 0.25) is 0 Å². The number of anilines is 2. The number of halogens is 1. The molecule has 10 heteroatoms. The van der Waals surface area contributed by atoms with Crippen molar-refractivity contribution in [1.82, 2.24) is 14.2 Å². The number of piperazine rings is 1. The van der Waals surface area contributed by atoms with Crippen LogP contribution in [-0.2, 0) is 10.0 Å². The maximum atomic E-state index is 13.5. The third kappa shape index (κ3) is 5.94. The molecule has 2 heterocycles. The monoisotopic (exact) mass is 569 g/mol. The number of nitrogens with one attached hydrogen (secondary N) is 2. The second-order valence-corrected chi connectivity index (χ2v) is 14.5. The molecule has 2 fully saturated rings. The summed E-state index contributed by atoms with van der Waals surface area (Å²) >= 11 is 1.34. The Morgan fingerprint density at radius 2 is 1.90 bits per heavy atom. The van der Waals surface area contributed by atoms with Gasteiger partial charge in [0.05, 0.1) is 5.01 Å². The van der Waals surface area contributed by atoms with Gasteiger partial charge in [-0.25, -0.2) is 17.8 Å². The molecule has 1 aliphatic heterocycles. The van der Waals surface area contributed by atoms with Crippen molar-refractivity contribution in [3.63, 3.8) is 0 Å². The van der Waals surface area contributed by atoms with Crippen molar-refractivity contribution in [3.8, 4) is 0 Å². The van der Waals surface area contributed by atoms with Crippen LogP contribution < -0.4 is 5.32 Å². The van der Waals surface area contributed by atoms with E-state index in [0.29, 0.717) is 36.5 Å². The lowest BCUT2D eigenvalue weighted by atomic mass is 9.64. The first-order chi connectivity index (χ1) is 18.4. The molecule has 5 rings (SSSR count). The Morgan fingerprint density at radius 3 is 2.51 bits per heavy atom. The van der Waals surface area contributed by atoms with Gasteiger partial charge in [-0.2, -0.15) is 4.31 Å². The van der Waals surface area contributed by atoms with Crippen LogP contribution >= 0.6 is 11.3 Å². The van der Waals surface area contributed by atoms with Gasteiger partial charge in [-0.15, -0.1) is 11.3 Å². The van der Waals surface area contributed by atoms with Crippen molar-refractivity contribution >= 4 is 38.9 Å². The highest BCUT2D eigenvalue weighted by Crippen LogP contribution is 2.46.